The lowest BCUT2D eigenvalue weighted by Gasteiger charge is -2.14. The summed E-state index contributed by atoms with van der Waals surface area (Å²) < 4.78 is 2.59. The Morgan fingerprint density at radius 3 is 1.74 bits per heavy atom. The molecule has 0 aliphatic rings. The number of benzene rings is 8. The molecule has 0 fully saturated rings. The topological polar surface area (TPSA) is 25.8 Å². The van der Waals surface area contributed by atoms with Gasteiger partial charge in [0.05, 0.1) is 11.4 Å². The summed E-state index contributed by atoms with van der Waals surface area (Å²) in [5, 5.41) is 4.97. The zero-order chi connectivity index (χ0) is 35.1. The minimum Gasteiger partial charge on any atom is -0.228 e. The van der Waals surface area contributed by atoms with Crippen LogP contribution in [-0.4, -0.2) is 9.97 Å². The van der Waals surface area contributed by atoms with Gasteiger partial charge in [-0.3, -0.25) is 0 Å². The molecule has 0 radical (unpaired) electrons. The molecule has 0 aliphatic heterocycles. The Balaban J connectivity index is 1.21. The molecular formula is C50H32N2S. The van der Waals surface area contributed by atoms with Crippen molar-refractivity contribution < 1.29 is 0 Å². The first-order valence-electron chi connectivity index (χ1n) is 17.9. The highest BCUT2D eigenvalue weighted by Crippen LogP contribution is 2.42. The molecule has 10 rings (SSSR count). The third-order valence-corrected chi connectivity index (χ3v) is 11.2. The van der Waals surface area contributed by atoms with Crippen molar-refractivity contribution in [3.05, 3.63) is 194 Å². The van der Waals surface area contributed by atoms with Gasteiger partial charge >= 0.3 is 0 Å². The van der Waals surface area contributed by atoms with Crippen LogP contribution in [0.4, 0.5) is 0 Å². The van der Waals surface area contributed by atoms with Crippen LogP contribution in [-0.2, 0) is 0 Å². The van der Waals surface area contributed by atoms with Gasteiger partial charge in [0.2, 0.25) is 0 Å². The Kier molecular flexibility index (Phi) is 7.71. The lowest BCUT2D eigenvalue weighted by atomic mass is 9.92. The molecule has 3 heteroatoms. The summed E-state index contributed by atoms with van der Waals surface area (Å²) in [6.07, 6.45) is 0. The molecule has 10 aromatic rings. The summed E-state index contributed by atoms with van der Waals surface area (Å²) in [6, 6.07) is 69.3. The van der Waals surface area contributed by atoms with Gasteiger partial charge in [-0.25, -0.2) is 9.97 Å². The average Bonchev–Trinajstić information content (AvgIpc) is 3.63. The van der Waals surface area contributed by atoms with Gasteiger partial charge in [0.1, 0.15) is 0 Å². The number of nitrogens with zero attached hydrogens (tertiary/aromatic N) is 2. The highest BCUT2D eigenvalue weighted by Gasteiger charge is 2.17. The molecule has 8 aromatic carbocycles. The van der Waals surface area contributed by atoms with Crippen LogP contribution in [0.15, 0.2) is 194 Å². The SMILES string of the molecule is c1ccc(-c2cccc(-c3nc(-c4cc(-c5ccccc5)cc(-c5cccc6sc7ccccc7c56)c4)cc(-c4ccc5ccccc5c4)n3)c2)cc1. The van der Waals surface area contributed by atoms with Gasteiger partial charge in [0.15, 0.2) is 5.82 Å². The van der Waals surface area contributed by atoms with Gasteiger partial charge in [-0.2, -0.15) is 0 Å². The summed E-state index contributed by atoms with van der Waals surface area (Å²) in [6.45, 7) is 0. The normalized spacial score (nSPS) is 11.4. The van der Waals surface area contributed by atoms with Crippen LogP contribution in [0.25, 0.3) is 98.2 Å². The van der Waals surface area contributed by atoms with E-state index in [9.17, 15) is 0 Å². The Morgan fingerprint density at radius 2 is 0.906 bits per heavy atom. The Labute approximate surface area is 312 Å². The van der Waals surface area contributed by atoms with Crippen LogP contribution >= 0.6 is 11.3 Å². The smallest absolute Gasteiger partial charge is 0.160 e. The van der Waals surface area contributed by atoms with Crippen molar-refractivity contribution in [3.8, 4) is 67.3 Å². The first kappa shape index (κ1) is 31.1. The van der Waals surface area contributed by atoms with Gasteiger partial charge in [0.25, 0.3) is 0 Å². The Morgan fingerprint density at radius 1 is 0.321 bits per heavy atom. The van der Waals surface area contributed by atoms with Crippen LogP contribution in [0.1, 0.15) is 0 Å². The van der Waals surface area contributed by atoms with E-state index in [0.717, 1.165) is 55.9 Å². The van der Waals surface area contributed by atoms with E-state index in [1.165, 1.54) is 36.5 Å². The number of rotatable bonds is 6. The van der Waals surface area contributed by atoms with E-state index in [1.807, 2.05) is 11.3 Å². The summed E-state index contributed by atoms with van der Waals surface area (Å²) in [7, 11) is 0. The third kappa shape index (κ3) is 5.87. The number of hydrogen-bond donors (Lipinski definition) is 0. The molecular weight excluding hydrogens is 661 g/mol. The molecule has 53 heavy (non-hydrogen) atoms. The second-order valence-corrected chi connectivity index (χ2v) is 14.5. The van der Waals surface area contributed by atoms with Crippen LogP contribution in [0.3, 0.4) is 0 Å². The van der Waals surface area contributed by atoms with Crippen molar-refractivity contribution in [2.45, 2.75) is 0 Å². The van der Waals surface area contributed by atoms with E-state index in [-0.39, 0.29) is 0 Å². The van der Waals surface area contributed by atoms with E-state index in [1.54, 1.807) is 0 Å². The highest BCUT2D eigenvalue weighted by molar-refractivity contribution is 7.25. The monoisotopic (exact) mass is 692 g/mol. The minimum absolute atomic E-state index is 0.695. The van der Waals surface area contributed by atoms with Crippen LogP contribution < -0.4 is 0 Å². The predicted octanol–water partition coefficient (Wildman–Crippen LogP) is 14.0. The average molecular weight is 693 g/mol. The molecule has 0 bridgehead atoms. The molecule has 0 spiro atoms. The Bertz CT molecular complexity index is 2950. The van der Waals surface area contributed by atoms with Crippen molar-refractivity contribution in [3.63, 3.8) is 0 Å². The van der Waals surface area contributed by atoms with Gasteiger partial charge in [-0.1, -0.05) is 146 Å². The van der Waals surface area contributed by atoms with Crippen LogP contribution in [0, 0.1) is 0 Å². The quantitative estimate of drug-likeness (QED) is 0.173. The summed E-state index contributed by atoms with van der Waals surface area (Å²) in [4.78, 5) is 10.6. The molecule has 0 unspecified atom stereocenters. The molecule has 0 saturated heterocycles. The maximum atomic E-state index is 5.36. The Hall–Kier alpha value is -6.68. The zero-order valence-corrected chi connectivity index (χ0v) is 29.6. The first-order valence-corrected chi connectivity index (χ1v) is 18.7. The molecule has 2 nitrogen and oxygen atoms in total. The predicted molar refractivity (Wildman–Crippen MR) is 225 cm³/mol. The van der Waals surface area contributed by atoms with Crippen LogP contribution in [0.2, 0.25) is 0 Å². The second-order valence-electron chi connectivity index (χ2n) is 13.4. The maximum Gasteiger partial charge on any atom is 0.160 e. The molecule has 0 atom stereocenters. The molecule has 0 N–H and O–H groups in total. The number of fused-ring (bicyclic) bond motifs is 4. The van der Waals surface area contributed by atoms with E-state index in [4.69, 9.17) is 9.97 Å². The highest BCUT2D eigenvalue weighted by atomic mass is 32.1. The lowest BCUT2D eigenvalue weighted by Crippen LogP contribution is -1.97. The standard InChI is InChI=1S/C50H32N2S/c1-3-13-33(14-4-1)37-19-11-20-39(28-37)50-51-45(38-26-25-35-17-7-8-18-36(35)27-38)32-46(52-50)42-30-40(34-15-5-2-6-16-34)29-41(31-42)43-22-12-24-48-49(43)44-21-9-10-23-47(44)53-48/h1-32H. The molecule has 0 amide bonds. The first-order chi connectivity index (χ1) is 26.2. The molecule has 0 aliphatic carbocycles. The molecule has 2 heterocycles. The van der Waals surface area contributed by atoms with Crippen molar-refractivity contribution in [1.82, 2.24) is 9.97 Å². The molecule has 248 valence electrons. The van der Waals surface area contributed by atoms with E-state index in [0.29, 0.717) is 5.82 Å². The fourth-order valence-electron chi connectivity index (χ4n) is 7.43. The molecule has 2 aromatic heterocycles. The van der Waals surface area contributed by atoms with Gasteiger partial charge < -0.3 is 0 Å². The maximum absolute atomic E-state index is 5.36. The summed E-state index contributed by atoms with van der Waals surface area (Å²) >= 11 is 1.85. The third-order valence-electron chi connectivity index (χ3n) is 10.0. The lowest BCUT2D eigenvalue weighted by molar-refractivity contribution is 1.18. The van der Waals surface area contributed by atoms with Crippen molar-refractivity contribution in [2.75, 3.05) is 0 Å². The molecule has 0 saturated carbocycles. The zero-order valence-electron chi connectivity index (χ0n) is 28.8. The fourth-order valence-corrected chi connectivity index (χ4v) is 8.56. The minimum atomic E-state index is 0.695. The van der Waals surface area contributed by atoms with Gasteiger partial charge in [0, 0.05) is 36.9 Å². The fraction of sp³-hybridized carbons (Fsp3) is 0. The van der Waals surface area contributed by atoms with Gasteiger partial charge in [-0.05, 0) is 92.7 Å². The largest absolute Gasteiger partial charge is 0.228 e. The number of hydrogen-bond acceptors (Lipinski definition) is 3. The summed E-state index contributed by atoms with van der Waals surface area (Å²) in [5.74, 6) is 0.695. The number of aromatic nitrogens is 2. The van der Waals surface area contributed by atoms with Crippen molar-refractivity contribution >= 4 is 42.3 Å². The summed E-state index contributed by atoms with van der Waals surface area (Å²) in [5.41, 5.74) is 11.8. The van der Waals surface area contributed by atoms with E-state index >= 15 is 0 Å². The van der Waals surface area contributed by atoms with Gasteiger partial charge in [-0.15, -0.1) is 11.3 Å². The second kappa shape index (κ2) is 13.1. The van der Waals surface area contributed by atoms with Crippen molar-refractivity contribution in [1.29, 1.82) is 0 Å². The van der Waals surface area contributed by atoms with Crippen molar-refractivity contribution in [2.24, 2.45) is 0 Å². The van der Waals surface area contributed by atoms with E-state index in [2.05, 4.69) is 194 Å². The number of thiophene rings is 1. The van der Waals surface area contributed by atoms with Crippen LogP contribution in [0.5, 0.6) is 0 Å². The van der Waals surface area contributed by atoms with E-state index < -0.39 is 0 Å².